The number of aromatic amines is 1. The highest BCUT2D eigenvalue weighted by Crippen LogP contribution is 2.26. The van der Waals surface area contributed by atoms with Gasteiger partial charge in [0.05, 0.1) is 6.42 Å². The first kappa shape index (κ1) is 17.6. The molecule has 4 nitrogen and oxygen atoms in total. The summed E-state index contributed by atoms with van der Waals surface area (Å²) in [5.41, 5.74) is 4.70. The molecule has 2 fully saturated rings. The molecule has 26 heavy (non-hydrogen) atoms. The average Bonchev–Trinajstić information content (AvgIpc) is 3.24. The van der Waals surface area contributed by atoms with Gasteiger partial charge in [-0.3, -0.25) is 4.79 Å². The minimum atomic E-state index is 0.305. The molecular weight excluding hydrogens is 322 g/mol. The predicted octanol–water partition coefficient (Wildman–Crippen LogP) is 3.80. The van der Waals surface area contributed by atoms with E-state index in [4.69, 9.17) is 0 Å². The number of hydrogen-bond donors (Lipinski definition) is 1. The predicted molar refractivity (Wildman–Crippen MR) is 107 cm³/mol. The molecule has 1 aromatic carbocycles. The molecule has 140 valence electrons. The highest BCUT2D eigenvalue weighted by molar-refractivity contribution is 5.90. The normalized spacial score (nSPS) is 21.6. The summed E-state index contributed by atoms with van der Waals surface area (Å²) < 4.78 is 0. The van der Waals surface area contributed by atoms with E-state index in [2.05, 4.69) is 46.8 Å². The number of aryl methyl sites for hydroxylation is 2. The van der Waals surface area contributed by atoms with Crippen molar-refractivity contribution in [2.75, 3.05) is 26.2 Å². The van der Waals surface area contributed by atoms with Crippen LogP contribution in [0, 0.1) is 13.8 Å². The van der Waals surface area contributed by atoms with E-state index >= 15 is 0 Å². The number of hydrogen-bond acceptors (Lipinski definition) is 2. The number of nitrogens with one attached hydrogen (secondary N) is 1. The third-order valence-corrected chi connectivity index (χ3v) is 6.22. The lowest BCUT2D eigenvalue weighted by Gasteiger charge is -2.38. The maximum Gasteiger partial charge on any atom is 0.227 e. The lowest BCUT2D eigenvalue weighted by molar-refractivity contribution is -0.134. The summed E-state index contributed by atoms with van der Waals surface area (Å²) in [6.45, 7) is 8.62. The molecule has 1 N–H and O–H groups in total. The average molecular weight is 354 g/mol. The molecule has 4 rings (SSSR count). The summed E-state index contributed by atoms with van der Waals surface area (Å²) in [6.07, 6.45) is 6.71. The molecule has 0 aliphatic carbocycles. The molecule has 1 aromatic heterocycles. The van der Waals surface area contributed by atoms with Gasteiger partial charge >= 0.3 is 0 Å². The van der Waals surface area contributed by atoms with Crippen LogP contribution < -0.4 is 0 Å². The summed E-state index contributed by atoms with van der Waals surface area (Å²) in [4.78, 5) is 21.4. The van der Waals surface area contributed by atoms with Crippen LogP contribution in [0.25, 0.3) is 10.9 Å². The Kier molecular flexibility index (Phi) is 5.03. The Morgan fingerprint density at radius 2 is 1.88 bits per heavy atom. The van der Waals surface area contributed by atoms with Crippen molar-refractivity contribution in [3.05, 3.63) is 35.0 Å². The molecule has 0 spiro atoms. The molecule has 2 aliphatic heterocycles. The fourth-order valence-corrected chi connectivity index (χ4v) is 4.76. The van der Waals surface area contributed by atoms with Crippen LogP contribution in [0.15, 0.2) is 18.2 Å². The molecule has 0 radical (unpaired) electrons. The Labute approximate surface area is 156 Å². The number of nitrogens with zero attached hydrogens (tertiary/aromatic N) is 2. The summed E-state index contributed by atoms with van der Waals surface area (Å²) in [7, 11) is 0. The van der Waals surface area contributed by atoms with E-state index in [-0.39, 0.29) is 0 Å². The van der Waals surface area contributed by atoms with Crippen LogP contribution in [-0.2, 0) is 11.2 Å². The third kappa shape index (κ3) is 3.52. The number of rotatable bonds is 4. The van der Waals surface area contributed by atoms with E-state index in [0.717, 1.165) is 37.1 Å². The minimum Gasteiger partial charge on any atom is -0.358 e. The van der Waals surface area contributed by atoms with Crippen molar-refractivity contribution in [2.45, 2.75) is 58.4 Å². The molecule has 0 saturated carbocycles. The van der Waals surface area contributed by atoms with Crippen LogP contribution in [0.2, 0.25) is 0 Å². The first-order valence-electron chi connectivity index (χ1n) is 10.2. The molecule has 3 heterocycles. The highest BCUT2D eigenvalue weighted by atomic mass is 16.2. The van der Waals surface area contributed by atoms with Gasteiger partial charge in [0.15, 0.2) is 0 Å². The second-order valence-corrected chi connectivity index (χ2v) is 8.20. The number of carbonyl (C=O) groups is 1. The smallest absolute Gasteiger partial charge is 0.227 e. The molecule has 2 aliphatic rings. The van der Waals surface area contributed by atoms with Crippen molar-refractivity contribution in [3.8, 4) is 0 Å². The maximum atomic E-state index is 13.2. The first-order chi connectivity index (χ1) is 12.6. The van der Waals surface area contributed by atoms with Crippen LogP contribution in [0.3, 0.4) is 0 Å². The summed E-state index contributed by atoms with van der Waals surface area (Å²) in [5, 5.41) is 1.21. The van der Waals surface area contributed by atoms with Crippen molar-refractivity contribution < 1.29 is 4.79 Å². The summed E-state index contributed by atoms with van der Waals surface area (Å²) >= 11 is 0. The molecule has 0 unspecified atom stereocenters. The molecule has 2 aromatic rings. The van der Waals surface area contributed by atoms with Gasteiger partial charge in [-0.05, 0) is 76.7 Å². The van der Waals surface area contributed by atoms with Gasteiger partial charge in [-0.1, -0.05) is 11.6 Å². The number of H-pyrrole nitrogens is 1. The van der Waals surface area contributed by atoms with E-state index in [1.807, 2.05) is 0 Å². The standard InChI is InChI=1S/C22H31N3O/c1-16-8-9-21-20(13-16)19(17(2)23-21)14-22(26)25-12-4-3-7-18(25)15-24-10-5-6-11-24/h8-9,13,18,23H,3-7,10-12,14-15H2,1-2H3/t18-/m0/s1. The van der Waals surface area contributed by atoms with Crippen molar-refractivity contribution in [1.29, 1.82) is 0 Å². The number of likely N-dealkylation sites (tertiary alicyclic amines) is 2. The van der Waals surface area contributed by atoms with E-state index in [1.165, 1.54) is 48.9 Å². The largest absolute Gasteiger partial charge is 0.358 e. The van der Waals surface area contributed by atoms with Crippen LogP contribution in [0.1, 0.15) is 48.9 Å². The van der Waals surface area contributed by atoms with Gasteiger partial charge in [0.25, 0.3) is 0 Å². The van der Waals surface area contributed by atoms with Crippen molar-refractivity contribution in [2.24, 2.45) is 0 Å². The van der Waals surface area contributed by atoms with Gasteiger partial charge in [-0.2, -0.15) is 0 Å². The Morgan fingerprint density at radius 3 is 2.69 bits per heavy atom. The molecule has 0 bridgehead atoms. The molecule has 1 amide bonds. The maximum absolute atomic E-state index is 13.2. The van der Waals surface area contributed by atoms with E-state index < -0.39 is 0 Å². The second-order valence-electron chi connectivity index (χ2n) is 8.20. The van der Waals surface area contributed by atoms with Crippen molar-refractivity contribution >= 4 is 16.8 Å². The zero-order valence-electron chi connectivity index (χ0n) is 16.2. The van der Waals surface area contributed by atoms with Crippen LogP contribution in [0.5, 0.6) is 0 Å². The lowest BCUT2D eigenvalue weighted by Crippen LogP contribution is -2.49. The van der Waals surface area contributed by atoms with E-state index in [0.29, 0.717) is 18.4 Å². The zero-order valence-corrected chi connectivity index (χ0v) is 16.2. The Morgan fingerprint density at radius 1 is 1.12 bits per heavy atom. The van der Waals surface area contributed by atoms with Crippen LogP contribution >= 0.6 is 0 Å². The number of benzene rings is 1. The van der Waals surface area contributed by atoms with Crippen LogP contribution in [-0.4, -0.2) is 52.9 Å². The topological polar surface area (TPSA) is 39.3 Å². The Balaban J connectivity index is 1.52. The molecule has 1 atom stereocenters. The number of amides is 1. The summed E-state index contributed by atoms with van der Waals surface area (Å²) in [6, 6.07) is 6.87. The molecule has 2 saturated heterocycles. The quantitative estimate of drug-likeness (QED) is 0.908. The van der Waals surface area contributed by atoms with Gasteiger partial charge in [-0.25, -0.2) is 0 Å². The molecule has 4 heteroatoms. The van der Waals surface area contributed by atoms with Crippen LogP contribution in [0.4, 0.5) is 0 Å². The first-order valence-corrected chi connectivity index (χ1v) is 10.2. The monoisotopic (exact) mass is 353 g/mol. The van der Waals surface area contributed by atoms with Gasteiger partial charge in [-0.15, -0.1) is 0 Å². The van der Waals surface area contributed by atoms with Gasteiger partial charge < -0.3 is 14.8 Å². The SMILES string of the molecule is Cc1ccc2[nH]c(C)c(CC(=O)N3CCCC[C@H]3CN3CCCC3)c2c1. The second kappa shape index (κ2) is 7.43. The number of aromatic nitrogens is 1. The minimum absolute atomic E-state index is 0.305. The van der Waals surface area contributed by atoms with Crippen molar-refractivity contribution in [3.63, 3.8) is 0 Å². The Hall–Kier alpha value is -1.81. The molecular formula is C22H31N3O. The highest BCUT2D eigenvalue weighted by Gasteiger charge is 2.29. The Bertz CT molecular complexity index is 788. The number of fused-ring (bicyclic) bond motifs is 1. The van der Waals surface area contributed by atoms with Gasteiger partial charge in [0.1, 0.15) is 0 Å². The van der Waals surface area contributed by atoms with E-state index in [9.17, 15) is 4.79 Å². The van der Waals surface area contributed by atoms with Gasteiger partial charge in [0.2, 0.25) is 5.91 Å². The fraction of sp³-hybridized carbons (Fsp3) is 0.591. The lowest BCUT2D eigenvalue weighted by atomic mass is 9.99. The zero-order chi connectivity index (χ0) is 18.1. The number of carbonyl (C=O) groups excluding carboxylic acids is 1. The fourth-order valence-electron chi connectivity index (χ4n) is 4.76. The van der Waals surface area contributed by atoms with E-state index in [1.54, 1.807) is 0 Å². The van der Waals surface area contributed by atoms with Crippen molar-refractivity contribution in [1.82, 2.24) is 14.8 Å². The summed E-state index contributed by atoms with van der Waals surface area (Å²) in [5.74, 6) is 0.305. The third-order valence-electron chi connectivity index (χ3n) is 6.22. The van der Waals surface area contributed by atoms with Gasteiger partial charge in [0, 0.05) is 35.7 Å². The number of piperidine rings is 1.